The van der Waals surface area contributed by atoms with Gasteiger partial charge in [-0.25, -0.2) is 0 Å². The molecule has 0 unspecified atom stereocenters. The van der Waals surface area contributed by atoms with Crippen LogP contribution in [0.3, 0.4) is 0 Å². The molecule has 0 atom stereocenters. The maximum atomic E-state index is 12.7. The van der Waals surface area contributed by atoms with E-state index in [-0.39, 0.29) is 11.3 Å². The smallest absolute Gasteiger partial charge is 0.251 e. The van der Waals surface area contributed by atoms with Crippen LogP contribution < -0.4 is 10.1 Å². The summed E-state index contributed by atoms with van der Waals surface area (Å²) in [6.45, 7) is 6.61. The molecule has 1 fully saturated rings. The molecule has 1 amide bonds. The van der Waals surface area contributed by atoms with E-state index in [0.717, 1.165) is 37.4 Å². The number of carbonyl (C=O) groups is 1. The molecule has 0 bridgehead atoms. The molecular formula is C22H27NO3. The fraction of sp³-hybridized carbons (Fsp3) is 0.409. The third kappa shape index (κ3) is 4.07. The summed E-state index contributed by atoms with van der Waals surface area (Å²) in [4.78, 5) is 12.7. The molecule has 1 aliphatic heterocycles. The molecule has 2 aromatic rings. The van der Waals surface area contributed by atoms with E-state index < -0.39 is 0 Å². The van der Waals surface area contributed by atoms with Gasteiger partial charge in [-0.05, 0) is 56.0 Å². The van der Waals surface area contributed by atoms with Crippen LogP contribution in [0.1, 0.15) is 41.3 Å². The zero-order valence-corrected chi connectivity index (χ0v) is 15.6. The lowest BCUT2D eigenvalue weighted by atomic mass is 9.74. The van der Waals surface area contributed by atoms with Gasteiger partial charge >= 0.3 is 0 Å². The molecular weight excluding hydrogens is 326 g/mol. The first kappa shape index (κ1) is 18.5. The molecule has 0 radical (unpaired) electrons. The van der Waals surface area contributed by atoms with Crippen molar-refractivity contribution in [2.24, 2.45) is 0 Å². The van der Waals surface area contributed by atoms with Crippen molar-refractivity contribution in [3.05, 3.63) is 65.2 Å². The number of hydrogen-bond acceptors (Lipinski definition) is 3. The monoisotopic (exact) mass is 353 g/mol. The minimum atomic E-state index is -0.0600. The number of nitrogens with one attached hydrogen (secondary N) is 1. The number of rotatable bonds is 6. The van der Waals surface area contributed by atoms with Gasteiger partial charge in [0.15, 0.2) is 0 Å². The summed E-state index contributed by atoms with van der Waals surface area (Å²) in [5.74, 6) is 0.784. The predicted molar refractivity (Wildman–Crippen MR) is 103 cm³/mol. The first-order chi connectivity index (χ1) is 12.6. The summed E-state index contributed by atoms with van der Waals surface area (Å²) in [5, 5.41) is 3.15. The number of amides is 1. The van der Waals surface area contributed by atoms with Gasteiger partial charge in [0.05, 0.1) is 6.61 Å². The van der Waals surface area contributed by atoms with E-state index >= 15 is 0 Å². The lowest BCUT2D eigenvalue weighted by Crippen LogP contribution is -2.44. The van der Waals surface area contributed by atoms with Gasteiger partial charge in [-0.3, -0.25) is 4.79 Å². The van der Waals surface area contributed by atoms with E-state index in [1.807, 2.05) is 38.1 Å². The highest BCUT2D eigenvalue weighted by atomic mass is 16.5. The van der Waals surface area contributed by atoms with Crippen LogP contribution in [0.2, 0.25) is 0 Å². The van der Waals surface area contributed by atoms with Gasteiger partial charge in [0, 0.05) is 30.7 Å². The highest BCUT2D eigenvalue weighted by Crippen LogP contribution is 2.34. The van der Waals surface area contributed by atoms with Crippen LogP contribution in [0, 0.1) is 6.92 Å². The molecule has 4 heteroatoms. The Morgan fingerprint density at radius 1 is 1.15 bits per heavy atom. The van der Waals surface area contributed by atoms with Crippen molar-refractivity contribution in [1.29, 1.82) is 0 Å². The Balaban J connectivity index is 1.73. The van der Waals surface area contributed by atoms with E-state index in [2.05, 4.69) is 29.6 Å². The van der Waals surface area contributed by atoms with Crippen molar-refractivity contribution in [3.63, 3.8) is 0 Å². The number of hydrogen-bond donors (Lipinski definition) is 1. The lowest BCUT2D eigenvalue weighted by molar-refractivity contribution is 0.0487. The Kier molecular flexibility index (Phi) is 5.94. The molecule has 1 N–H and O–H groups in total. The molecule has 3 rings (SSSR count). The molecule has 138 valence electrons. The highest BCUT2D eigenvalue weighted by molar-refractivity contribution is 5.94. The molecule has 2 aromatic carbocycles. The first-order valence-corrected chi connectivity index (χ1v) is 9.29. The van der Waals surface area contributed by atoms with Crippen molar-refractivity contribution in [3.8, 4) is 5.75 Å². The van der Waals surface area contributed by atoms with Gasteiger partial charge in [-0.2, -0.15) is 0 Å². The Bertz CT molecular complexity index is 736. The van der Waals surface area contributed by atoms with Gasteiger partial charge in [-0.1, -0.05) is 30.3 Å². The number of benzene rings is 2. The summed E-state index contributed by atoms with van der Waals surface area (Å²) in [7, 11) is 0. The van der Waals surface area contributed by atoms with Crippen molar-refractivity contribution < 1.29 is 14.3 Å². The third-order valence-electron chi connectivity index (χ3n) is 5.16. The van der Waals surface area contributed by atoms with Crippen LogP contribution in [0.25, 0.3) is 0 Å². The largest absolute Gasteiger partial charge is 0.494 e. The van der Waals surface area contributed by atoms with Gasteiger partial charge in [0.1, 0.15) is 5.75 Å². The normalized spacial score (nSPS) is 16.1. The second-order valence-corrected chi connectivity index (χ2v) is 6.85. The maximum Gasteiger partial charge on any atom is 0.251 e. The average molecular weight is 353 g/mol. The molecule has 1 heterocycles. The standard InChI is InChI=1S/C22H27NO3/c1-3-26-20-10-9-18(15-17(20)2)21(24)23-16-22(11-13-25-14-12-22)19-7-5-4-6-8-19/h4-10,15H,3,11-14,16H2,1-2H3,(H,23,24). The van der Waals surface area contributed by atoms with E-state index in [9.17, 15) is 4.79 Å². The quantitative estimate of drug-likeness (QED) is 0.857. The third-order valence-corrected chi connectivity index (χ3v) is 5.16. The Morgan fingerprint density at radius 2 is 1.88 bits per heavy atom. The second-order valence-electron chi connectivity index (χ2n) is 6.85. The summed E-state index contributed by atoms with van der Waals surface area (Å²) >= 11 is 0. The minimum Gasteiger partial charge on any atom is -0.494 e. The molecule has 26 heavy (non-hydrogen) atoms. The summed E-state index contributed by atoms with van der Waals surface area (Å²) in [6, 6.07) is 16.0. The van der Waals surface area contributed by atoms with Crippen molar-refractivity contribution in [1.82, 2.24) is 5.32 Å². The fourth-order valence-electron chi connectivity index (χ4n) is 3.58. The topological polar surface area (TPSA) is 47.6 Å². The number of carbonyl (C=O) groups excluding carboxylic acids is 1. The SMILES string of the molecule is CCOc1ccc(C(=O)NCC2(c3ccccc3)CCOCC2)cc1C. The second kappa shape index (κ2) is 8.37. The van der Waals surface area contributed by atoms with Crippen LogP contribution >= 0.6 is 0 Å². The van der Waals surface area contributed by atoms with E-state index in [0.29, 0.717) is 18.7 Å². The van der Waals surface area contributed by atoms with Gasteiger partial charge in [0.2, 0.25) is 0 Å². The summed E-state index contributed by atoms with van der Waals surface area (Å²) in [5.41, 5.74) is 2.85. The number of ether oxygens (including phenoxy) is 2. The minimum absolute atomic E-state index is 0.0436. The van der Waals surface area contributed by atoms with Crippen LogP contribution in [-0.4, -0.2) is 32.3 Å². The van der Waals surface area contributed by atoms with Crippen molar-refractivity contribution in [2.75, 3.05) is 26.4 Å². The van der Waals surface area contributed by atoms with Crippen LogP contribution in [0.15, 0.2) is 48.5 Å². The Labute approximate surface area is 155 Å². The fourth-order valence-corrected chi connectivity index (χ4v) is 3.58. The molecule has 0 spiro atoms. The van der Waals surface area contributed by atoms with E-state index in [1.54, 1.807) is 0 Å². The molecule has 0 aliphatic carbocycles. The molecule has 4 nitrogen and oxygen atoms in total. The van der Waals surface area contributed by atoms with Gasteiger partial charge < -0.3 is 14.8 Å². The predicted octanol–water partition coefficient (Wildman–Crippen LogP) is 3.87. The van der Waals surface area contributed by atoms with E-state index in [4.69, 9.17) is 9.47 Å². The lowest BCUT2D eigenvalue weighted by Gasteiger charge is -2.38. The summed E-state index contributed by atoms with van der Waals surface area (Å²) in [6.07, 6.45) is 1.83. The van der Waals surface area contributed by atoms with Gasteiger partial charge in [-0.15, -0.1) is 0 Å². The van der Waals surface area contributed by atoms with Crippen LogP contribution in [0.4, 0.5) is 0 Å². The van der Waals surface area contributed by atoms with Crippen LogP contribution in [-0.2, 0) is 10.2 Å². The molecule has 1 saturated heterocycles. The zero-order valence-electron chi connectivity index (χ0n) is 15.6. The van der Waals surface area contributed by atoms with E-state index in [1.165, 1.54) is 5.56 Å². The molecule has 0 aromatic heterocycles. The summed E-state index contributed by atoms with van der Waals surface area (Å²) < 4.78 is 11.1. The number of aryl methyl sites for hydroxylation is 1. The Hall–Kier alpha value is -2.33. The van der Waals surface area contributed by atoms with Gasteiger partial charge in [0.25, 0.3) is 5.91 Å². The maximum absolute atomic E-state index is 12.7. The van der Waals surface area contributed by atoms with Crippen molar-refractivity contribution >= 4 is 5.91 Å². The Morgan fingerprint density at radius 3 is 2.54 bits per heavy atom. The zero-order chi connectivity index (χ0) is 18.4. The highest BCUT2D eigenvalue weighted by Gasteiger charge is 2.34. The first-order valence-electron chi connectivity index (χ1n) is 9.29. The van der Waals surface area contributed by atoms with Crippen molar-refractivity contribution in [2.45, 2.75) is 32.1 Å². The molecule has 1 aliphatic rings. The van der Waals surface area contributed by atoms with Crippen LogP contribution in [0.5, 0.6) is 5.75 Å². The average Bonchev–Trinajstić information content (AvgIpc) is 2.69. The molecule has 0 saturated carbocycles.